The molecule has 3 heteroatoms. The van der Waals surface area contributed by atoms with Crippen LogP contribution in [0.1, 0.15) is 12.5 Å². The zero-order chi connectivity index (χ0) is 8.27. The first kappa shape index (κ1) is 7.83. The molecule has 0 aliphatic rings. The molecule has 1 rings (SSSR count). The van der Waals surface area contributed by atoms with Crippen molar-refractivity contribution in [2.75, 3.05) is 0 Å². The molecule has 0 spiro atoms. The van der Waals surface area contributed by atoms with E-state index in [-0.39, 0.29) is 0 Å². The van der Waals surface area contributed by atoms with Crippen molar-refractivity contribution in [1.29, 1.82) is 0 Å². The molecule has 3 nitrogen and oxygen atoms in total. The second-order valence-electron chi connectivity index (χ2n) is 2.35. The fourth-order valence-electron chi connectivity index (χ4n) is 0.674. The van der Waals surface area contributed by atoms with E-state index in [1.807, 2.05) is 7.05 Å². The van der Waals surface area contributed by atoms with Crippen LogP contribution in [0, 0.1) is 11.8 Å². The summed E-state index contributed by atoms with van der Waals surface area (Å²) in [7, 11) is 1.83. The molecular formula is C8H10N2O. The van der Waals surface area contributed by atoms with Crippen LogP contribution in [-0.4, -0.2) is 21.0 Å². The highest BCUT2D eigenvalue weighted by Crippen LogP contribution is 1.92. The van der Waals surface area contributed by atoms with Crippen LogP contribution in [0.5, 0.6) is 0 Å². The summed E-state index contributed by atoms with van der Waals surface area (Å²) in [5.41, 5.74) is 0.827. The molecule has 1 atom stereocenters. The molecule has 0 unspecified atom stereocenters. The number of aromatic nitrogens is 2. The quantitative estimate of drug-likeness (QED) is 0.535. The van der Waals surface area contributed by atoms with Gasteiger partial charge < -0.3 is 5.11 Å². The third-order valence-corrected chi connectivity index (χ3v) is 1.13. The van der Waals surface area contributed by atoms with Crippen LogP contribution >= 0.6 is 0 Å². The van der Waals surface area contributed by atoms with Gasteiger partial charge in [0.15, 0.2) is 0 Å². The number of nitrogens with zero attached hydrogens (tertiary/aromatic N) is 2. The highest BCUT2D eigenvalue weighted by atomic mass is 16.3. The van der Waals surface area contributed by atoms with Gasteiger partial charge in [0, 0.05) is 13.2 Å². The van der Waals surface area contributed by atoms with Crippen molar-refractivity contribution in [1.82, 2.24) is 9.78 Å². The number of aliphatic hydroxyl groups is 1. The van der Waals surface area contributed by atoms with E-state index in [0.717, 1.165) is 5.56 Å². The van der Waals surface area contributed by atoms with Crippen molar-refractivity contribution in [2.45, 2.75) is 13.0 Å². The number of rotatable bonds is 0. The SMILES string of the molecule is C[C@H](O)C#Cc1cnn(C)c1. The second-order valence-corrected chi connectivity index (χ2v) is 2.35. The largest absolute Gasteiger partial charge is 0.381 e. The van der Waals surface area contributed by atoms with Gasteiger partial charge in [0.25, 0.3) is 0 Å². The topological polar surface area (TPSA) is 38.1 Å². The molecule has 58 valence electrons. The number of aliphatic hydroxyl groups excluding tert-OH is 1. The lowest BCUT2D eigenvalue weighted by atomic mass is 10.3. The molecule has 0 saturated carbocycles. The maximum Gasteiger partial charge on any atom is 0.112 e. The first-order chi connectivity index (χ1) is 5.18. The van der Waals surface area contributed by atoms with Crippen molar-refractivity contribution in [3.8, 4) is 11.8 Å². The molecular weight excluding hydrogens is 140 g/mol. The molecule has 0 aromatic carbocycles. The molecule has 0 bridgehead atoms. The lowest BCUT2D eigenvalue weighted by Gasteiger charge is -1.85. The summed E-state index contributed by atoms with van der Waals surface area (Å²) in [6, 6.07) is 0. The monoisotopic (exact) mass is 150 g/mol. The minimum Gasteiger partial charge on any atom is -0.381 e. The third kappa shape index (κ3) is 2.44. The predicted octanol–water partition coefficient (Wildman–Crippen LogP) is 0.152. The second kappa shape index (κ2) is 3.22. The zero-order valence-corrected chi connectivity index (χ0v) is 6.57. The summed E-state index contributed by atoms with van der Waals surface area (Å²) in [6.45, 7) is 1.63. The molecule has 11 heavy (non-hydrogen) atoms. The van der Waals surface area contributed by atoms with Crippen LogP contribution in [0.4, 0.5) is 0 Å². The van der Waals surface area contributed by atoms with Crippen molar-refractivity contribution in [3.63, 3.8) is 0 Å². The Morgan fingerprint density at radius 2 is 2.45 bits per heavy atom. The first-order valence-electron chi connectivity index (χ1n) is 3.37. The van der Waals surface area contributed by atoms with Crippen LogP contribution in [0.15, 0.2) is 12.4 Å². The van der Waals surface area contributed by atoms with E-state index in [1.165, 1.54) is 0 Å². The van der Waals surface area contributed by atoms with Crippen LogP contribution < -0.4 is 0 Å². The van der Waals surface area contributed by atoms with Gasteiger partial charge in [-0.05, 0) is 6.92 Å². The van der Waals surface area contributed by atoms with E-state index in [9.17, 15) is 0 Å². The summed E-state index contributed by atoms with van der Waals surface area (Å²) in [4.78, 5) is 0. The fourth-order valence-corrected chi connectivity index (χ4v) is 0.674. The molecule has 0 radical (unpaired) electrons. The normalized spacial score (nSPS) is 11.9. The Bertz CT molecular complexity index is 291. The van der Waals surface area contributed by atoms with Gasteiger partial charge >= 0.3 is 0 Å². The lowest BCUT2D eigenvalue weighted by molar-refractivity contribution is 0.253. The van der Waals surface area contributed by atoms with Gasteiger partial charge in [-0.25, -0.2) is 0 Å². The molecule has 0 fully saturated rings. The van der Waals surface area contributed by atoms with Gasteiger partial charge in [0.1, 0.15) is 6.10 Å². The maximum absolute atomic E-state index is 8.82. The van der Waals surface area contributed by atoms with Crippen LogP contribution in [0.25, 0.3) is 0 Å². The predicted molar refractivity (Wildman–Crippen MR) is 41.8 cm³/mol. The van der Waals surface area contributed by atoms with E-state index in [2.05, 4.69) is 16.9 Å². The summed E-state index contributed by atoms with van der Waals surface area (Å²) < 4.78 is 1.67. The molecule has 0 aliphatic heterocycles. The summed E-state index contributed by atoms with van der Waals surface area (Å²) in [6.07, 6.45) is 2.89. The molecule has 1 aromatic heterocycles. The van der Waals surface area contributed by atoms with Crippen LogP contribution in [-0.2, 0) is 7.05 Å². The Balaban J connectivity index is 2.74. The Morgan fingerprint density at radius 3 is 2.91 bits per heavy atom. The van der Waals surface area contributed by atoms with Crippen molar-refractivity contribution in [3.05, 3.63) is 18.0 Å². The van der Waals surface area contributed by atoms with E-state index in [1.54, 1.807) is 24.0 Å². The van der Waals surface area contributed by atoms with Gasteiger partial charge in [-0.2, -0.15) is 5.10 Å². The molecule has 1 N–H and O–H groups in total. The fraction of sp³-hybridized carbons (Fsp3) is 0.375. The summed E-state index contributed by atoms with van der Waals surface area (Å²) >= 11 is 0. The minimum atomic E-state index is -0.574. The van der Waals surface area contributed by atoms with Crippen LogP contribution in [0.3, 0.4) is 0 Å². The number of hydrogen-bond donors (Lipinski definition) is 1. The Hall–Kier alpha value is -1.27. The average Bonchev–Trinajstić information content (AvgIpc) is 2.31. The van der Waals surface area contributed by atoms with Gasteiger partial charge in [-0.1, -0.05) is 11.8 Å². The van der Waals surface area contributed by atoms with Crippen molar-refractivity contribution in [2.24, 2.45) is 7.05 Å². The van der Waals surface area contributed by atoms with E-state index in [0.29, 0.717) is 0 Å². The van der Waals surface area contributed by atoms with E-state index >= 15 is 0 Å². The van der Waals surface area contributed by atoms with Crippen molar-refractivity contribution < 1.29 is 5.11 Å². The Morgan fingerprint density at radius 1 is 1.73 bits per heavy atom. The smallest absolute Gasteiger partial charge is 0.112 e. The molecule has 1 heterocycles. The lowest BCUT2D eigenvalue weighted by Crippen LogP contribution is -1.92. The standard InChI is InChI=1S/C8H10N2O/c1-7(11)3-4-8-5-9-10(2)6-8/h5-7,11H,1-2H3/t7-/m0/s1. The van der Waals surface area contributed by atoms with Gasteiger partial charge in [0.2, 0.25) is 0 Å². The highest BCUT2D eigenvalue weighted by Gasteiger charge is 1.89. The van der Waals surface area contributed by atoms with Crippen LogP contribution in [0.2, 0.25) is 0 Å². The van der Waals surface area contributed by atoms with Gasteiger partial charge in [-0.3, -0.25) is 4.68 Å². The average molecular weight is 150 g/mol. The van der Waals surface area contributed by atoms with Gasteiger partial charge in [-0.15, -0.1) is 0 Å². The zero-order valence-electron chi connectivity index (χ0n) is 6.57. The molecule has 0 saturated heterocycles. The number of hydrogen-bond acceptors (Lipinski definition) is 2. The van der Waals surface area contributed by atoms with Gasteiger partial charge in [0.05, 0.1) is 11.8 Å². The third-order valence-electron chi connectivity index (χ3n) is 1.13. The van der Waals surface area contributed by atoms with E-state index in [4.69, 9.17) is 5.11 Å². The Labute approximate surface area is 65.7 Å². The van der Waals surface area contributed by atoms with E-state index < -0.39 is 6.10 Å². The first-order valence-corrected chi connectivity index (χ1v) is 3.37. The molecule has 1 aromatic rings. The number of aryl methyl sites for hydroxylation is 1. The highest BCUT2D eigenvalue weighted by molar-refractivity contribution is 5.30. The van der Waals surface area contributed by atoms with Crippen molar-refractivity contribution >= 4 is 0 Å². The molecule has 0 amide bonds. The Kier molecular flexibility index (Phi) is 2.29. The summed E-state index contributed by atoms with van der Waals surface area (Å²) in [5.74, 6) is 5.41. The summed E-state index contributed by atoms with van der Waals surface area (Å²) in [5, 5.41) is 12.7. The molecule has 0 aliphatic carbocycles. The maximum atomic E-state index is 8.82. The minimum absolute atomic E-state index is 0.574.